The molecule has 2 rings (SSSR count). The van der Waals surface area contributed by atoms with Gasteiger partial charge in [0.05, 0.1) is 0 Å². The molecule has 1 aromatic heterocycles. The summed E-state index contributed by atoms with van der Waals surface area (Å²) >= 11 is 0. The van der Waals surface area contributed by atoms with Crippen LogP contribution in [0.2, 0.25) is 0 Å². The molecule has 0 atom stereocenters. The Morgan fingerprint density at radius 2 is 1.94 bits per heavy atom. The minimum absolute atomic E-state index is 0.0326. The van der Waals surface area contributed by atoms with Gasteiger partial charge < -0.3 is 4.57 Å². The number of aromatic nitrogens is 3. The van der Waals surface area contributed by atoms with Crippen LogP contribution in [0.4, 0.5) is 8.78 Å². The SMILES string of the molecule is CCn1cnnc1Cc1c(F)cccc1F. The quantitative estimate of drug-likeness (QED) is 0.798. The van der Waals surface area contributed by atoms with E-state index in [0.717, 1.165) is 0 Å². The van der Waals surface area contributed by atoms with Gasteiger partial charge in [-0.15, -0.1) is 10.2 Å². The lowest BCUT2D eigenvalue weighted by atomic mass is 10.1. The van der Waals surface area contributed by atoms with Gasteiger partial charge in [0.2, 0.25) is 0 Å². The van der Waals surface area contributed by atoms with Crippen LogP contribution in [0.1, 0.15) is 18.3 Å². The van der Waals surface area contributed by atoms with Crippen molar-refractivity contribution in [2.75, 3.05) is 0 Å². The second-order valence-electron chi connectivity index (χ2n) is 3.41. The van der Waals surface area contributed by atoms with E-state index in [9.17, 15) is 8.78 Å². The van der Waals surface area contributed by atoms with E-state index in [1.54, 1.807) is 10.9 Å². The van der Waals surface area contributed by atoms with E-state index < -0.39 is 11.6 Å². The van der Waals surface area contributed by atoms with Gasteiger partial charge in [0.25, 0.3) is 0 Å². The lowest BCUT2D eigenvalue weighted by molar-refractivity contribution is 0.555. The predicted octanol–water partition coefficient (Wildman–Crippen LogP) is 2.17. The summed E-state index contributed by atoms with van der Waals surface area (Å²) in [6.45, 7) is 2.60. The molecule has 0 radical (unpaired) electrons. The summed E-state index contributed by atoms with van der Waals surface area (Å²) in [6.07, 6.45) is 1.67. The van der Waals surface area contributed by atoms with Crippen LogP contribution in [-0.2, 0) is 13.0 Å². The largest absolute Gasteiger partial charge is 0.318 e. The predicted molar refractivity (Wildman–Crippen MR) is 54.9 cm³/mol. The minimum Gasteiger partial charge on any atom is -0.318 e. The maximum Gasteiger partial charge on any atom is 0.137 e. The molecule has 0 aliphatic carbocycles. The lowest BCUT2D eigenvalue weighted by Crippen LogP contribution is -2.05. The molecule has 0 N–H and O–H groups in total. The van der Waals surface area contributed by atoms with Gasteiger partial charge in [-0.2, -0.15) is 0 Å². The van der Waals surface area contributed by atoms with Crippen molar-refractivity contribution < 1.29 is 8.78 Å². The first kappa shape index (κ1) is 10.7. The van der Waals surface area contributed by atoms with Crippen LogP contribution < -0.4 is 0 Å². The molecule has 0 saturated carbocycles. The minimum atomic E-state index is -0.550. The van der Waals surface area contributed by atoms with E-state index in [-0.39, 0.29) is 12.0 Å². The van der Waals surface area contributed by atoms with E-state index in [2.05, 4.69) is 10.2 Å². The maximum absolute atomic E-state index is 13.4. The summed E-state index contributed by atoms with van der Waals surface area (Å²) in [7, 11) is 0. The van der Waals surface area contributed by atoms with Gasteiger partial charge in [0.15, 0.2) is 0 Å². The molecular formula is C11H11F2N3. The first-order valence-electron chi connectivity index (χ1n) is 5.02. The summed E-state index contributed by atoms with van der Waals surface area (Å²) in [6, 6.07) is 3.83. The van der Waals surface area contributed by atoms with Crippen molar-refractivity contribution in [2.45, 2.75) is 19.9 Å². The molecule has 0 spiro atoms. The van der Waals surface area contributed by atoms with E-state index in [4.69, 9.17) is 0 Å². The molecule has 0 unspecified atom stereocenters. The van der Waals surface area contributed by atoms with E-state index in [0.29, 0.717) is 12.4 Å². The molecule has 2 aromatic rings. The Kier molecular flexibility index (Phi) is 2.94. The monoisotopic (exact) mass is 223 g/mol. The zero-order valence-electron chi connectivity index (χ0n) is 8.82. The molecule has 5 heteroatoms. The number of benzene rings is 1. The summed E-state index contributed by atoms with van der Waals surface area (Å²) < 4.78 is 28.5. The van der Waals surface area contributed by atoms with Crippen LogP contribution in [-0.4, -0.2) is 14.8 Å². The van der Waals surface area contributed by atoms with Crippen molar-refractivity contribution in [2.24, 2.45) is 0 Å². The summed E-state index contributed by atoms with van der Waals surface area (Å²) in [5.74, 6) is -0.539. The van der Waals surface area contributed by atoms with Crippen molar-refractivity contribution in [3.8, 4) is 0 Å². The fourth-order valence-corrected chi connectivity index (χ4v) is 1.54. The first-order chi connectivity index (χ1) is 7.72. The van der Waals surface area contributed by atoms with Gasteiger partial charge >= 0.3 is 0 Å². The van der Waals surface area contributed by atoms with Crippen molar-refractivity contribution in [3.63, 3.8) is 0 Å². The molecule has 0 aliphatic rings. The fraction of sp³-hybridized carbons (Fsp3) is 0.273. The van der Waals surface area contributed by atoms with Gasteiger partial charge in [-0.05, 0) is 19.1 Å². The van der Waals surface area contributed by atoms with E-state index in [1.165, 1.54) is 18.2 Å². The zero-order chi connectivity index (χ0) is 11.5. The molecule has 84 valence electrons. The van der Waals surface area contributed by atoms with Crippen molar-refractivity contribution in [3.05, 3.63) is 47.5 Å². The number of hydrogen-bond donors (Lipinski definition) is 0. The number of rotatable bonds is 3. The van der Waals surface area contributed by atoms with Gasteiger partial charge in [0, 0.05) is 18.5 Å². The highest BCUT2D eigenvalue weighted by atomic mass is 19.1. The van der Waals surface area contributed by atoms with Crippen LogP contribution in [0.15, 0.2) is 24.5 Å². The second-order valence-corrected chi connectivity index (χ2v) is 3.41. The van der Waals surface area contributed by atoms with Crippen molar-refractivity contribution in [1.82, 2.24) is 14.8 Å². The van der Waals surface area contributed by atoms with Gasteiger partial charge in [-0.25, -0.2) is 8.78 Å². The molecule has 16 heavy (non-hydrogen) atoms. The first-order valence-corrected chi connectivity index (χ1v) is 5.02. The van der Waals surface area contributed by atoms with Gasteiger partial charge in [-0.1, -0.05) is 6.07 Å². The van der Waals surface area contributed by atoms with Crippen LogP contribution in [0, 0.1) is 11.6 Å². The number of nitrogens with zero attached hydrogens (tertiary/aromatic N) is 3. The van der Waals surface area contributed by atoms with Crippen LogP contribution in [0.25, 0.3) is 0 Å². The van der Waals surface area contributed by atoms with Crippen molar-refractivity contribution >= 4 is 0 Å². The Morgan fingerprint density at radius 3 is 2.56 bits per heavy atom. The molecule has 0 fully saturated rings. The highest BCUT2D eigenvalue weighted by Gasteiger charge is 2.12. The highest BCUT2D eigenvalue weighted by molar-refractivity contribution is 5.23. The standard InChI is InChI=1S/C11H11F2N3/c1-2-16-7-14-15-11(16)6-8-9(12)4-3-5-10(8)13/h3-5,7H,2,6H2,1H3. The fourth-order valence-electron chi connectivity index (χ4n) is 1.54. The molecule has 0 amide bonds. The lowest BCUT2D eigenvalue weighted by Gasteiger charge is -2.05. The molecule has 0 aliphatic heterocycles. The van der Waals surface area contributed by atoms with Crippen LogP contribution in [0.3, 0.4) is 0 Å². The zero-order valence-corrected chi connectivity index (χ0v) is 8.82. The van der Waals surface area contributed by atoms with Crippen molar-refractivity contribution in [1.29, 1.82) is 0 Å². The molecular weight excluding hydrogens is 212 g/mol. The van der Waals surface area contributed by atoms with Gasteiger partial charge in [-0.3, -0.25) is 0 Å². The molecule has 1 heterocycles. The number of halogens is 2. The third kappa shape index (κ3) is 1.93. The average Bonchev–Trinajstić information content (AvgIpc) is 2.71. The maximum atomic E-state index is 13.4. The highest BCUT2D eigenvalue weighted by Crippen LogP contribution is 2.15. The molecule has 0 saturated heterocycles. The molecule has 3 nitrogen and oxygen atoms in total. The third-order valence-corrected chi connectivity index (χ3v) is 2.43. The number of aryl methyl sites for hydroxylation is 1. The smallest absolute Gasteiger partial charge is 0.137 e. The van der Waals surface area contributed by atoms with E-state index >= 15 is 0 Å². The Morgan fingerprint density at radius 1 is 1.25 bits per heavy atom. The summed E-state index contributed by atoms with van der Waals surface area (Å²) in [5.41, 5.74) is 0.0326. The Hall–Kier alpha value is -1.78. The number of hydrogen-bond acceptors (Lipinski definition) is 2. The second kappa shape index (κ2) is 4.38. The van der Waals surface area contributed by atoms with Gasteiger partial charge in [0.1, 0.15) is 23.8 Å². The summed E-state index contributed by atoms with van der Waals surface area (Å²) in [4.78, 5) is 0. The average molecular weight is 223 g/mol. The Labute approximate surface area is 91.7 Å². The third-order valence-electron chi connectivity index (χ3n) is 2.43. The molecule has 1 aromatic carbocycles. The topological polar surface area (TPSA) is 30.7 Å². The molecule has 0 bridgehead atoms. The Bertz CT molecular complexity index is 473. The normalized spacial score (nSPS) is 10.7. The van der Waals surface area contributed by atoms with Crippen LogP contribution >= 0.6 is 0 Å². The Balaban J connectivity index is 2.34. The summed E-state index contributed by atoms with van der Waals surface area (Å²) in [5, 5.41) is 7.56. The van der Waals surface area contributed by atoms with Crippen LogP contribution in [0.5, 0.6) is 0 Å². The van der Waals surface area contributed by atoms with E-state index in [1.807, 2.05) is 6.92 Å².